The van der Waals surface area contributed by atoms with Gasteiger partial charge in [0.2, 0.25) is 0 Å². The Morgan fingerprint density at radius 3 is 1.10 bits per heavy atom. The van der Waals surface area contributed by atoms with Crippen LogP contribution < -0.4 is 12.4 Å². The van der Waals surface area contributed by atoms with E-state index in [1.54, 1.807) is 0 Å². The van der Waals surface area contributed by atoms with Gasteiger partial charge in [-0.1, -0.05) is 0 Å². The van der Waals surface area contributed by atoms with Gasteiger partial charge >= 0.3 is 23.1 Å². The molecule has 0 bridgehead atoms. The van der Waals surface area contributed by atoms with E-state index in [4.69, 9.17) is 0 Å². The third kappa shape index (κ3) is 5.95. The van der Waals surface area contributed by atoms with E-state index in [1.165, 1.54) is 0 Å². The van der Waals surface area contributed by atoms with Crippen LogP contribution in [-0.4, -0.2) is 23.1 Å². The van der Waals surface area contributed by atoms with Crippen molar-refractivity contribution >= 4 is 43.5 Å². The van der Waals surface area contributed by atoms with Gasteiger partial charge < -0.3 is 12.4 Å². The van der Waals surface area contributed by atoms with Crippen LogP contribution >= 0.6 is 20.4 Å². The first-order valence-electron chi connectivity index (χ1n) is 3.68. The number of benzene rings is 1. The summed E-state index contributed by atoms with van der Waals surface area (Å²) in [5, 5.41) is 0. The summed E-state index contributed by atoms with van der Waals surface area (Å²) in [6.45, 7) is 0. The minimum atomic E-state index is -10.5. The van der Waals surface area contributed by atoms with Gasteiger partial charge in [0, 0.05) is 9.79 Å². The monoisotopic (exact) mass is 388 g/mol. The van der Waals surface area contributed by atoms with Crippen LogP contribution in [0, 0.1) is 6.07 Å². The van der Waals surface area contributed by atoms with Crippen molar-refractivity contribution in [3.63, 3.8) is 0 Å². The number of hydrogen-bond donors (Lipinski definition) is 0. The molecule has 0 saturated heterocycles. The molecule has 0 N–H and O–H groups in total. The average molecular weight is 389 g/mol. The van der Waals surface area contributed by atoms with Crippen molar-refractivity contribution in [2.45, 2.75) is 9.79 Å². The second-order valence-electron chi connectivity index (χ2n) is 3.34. The first-order valence-corrected chi connectivity index (χ1v) is 7.59. The summed E-state index contributed by atoms with van der Waals surface area (Å²) in [5.41, 5.74) is 0. The zero-order chi connectivity index (χ0) is 14.8. The summed E-state index contributed by atoms with van der Waals surface area (Å²) in [6.07, 6.45) is 0. The van der Waals surface area contributed by atoms with E-state index in [-0.39, 0.29) is 35.5 Å². The summed E-state index contributed by atoms with van der Waals surface area (Å²) in [6, 6.07) is -1.34. The first kappa shape index (κ1) is 22.6. The minimum Gasteiger partial charge on any atom is -1.00 e. The van der Waals surface area contributed by atoms with Crippen LogP contribution in [-0.2, 0) is 0 Å². The molecule has 0 saturated carbocycles. The topological polar surface area (TPSA) is 0 Å². The van der Waals surface area contributed by atoms with Crippen molar-refractivity contribution in [1.29, 1.82) is 0 Å². The Balaban J connectivity index is 0. The van der Waals surface area contributed by atoms with Gasteiger partial charge in [-0.15, -0.1) is 44.9 Å². The Kier molecular flexibility index (Phi) is 4.48. The predicted octanol–water partition coefficient (Wildman–Crippen LogP) is 3.42. The summed E-state index contributed by atoms with van der Waals surface area (Å²) < 4.78 is 121. The minimum absolute atomic E-state index is 0. The molecule has 0 heterocycles. The zero-order valence-electron chi connectivity index (χ0n) is 8.91. The van der Waals surface area contributed by atoms with Crippen LogP contribution in [0.15, 0.2) is 28.0 Å². The van der Waals surface area contributed by atoms with Gasteiger partial charge in [-0.05, 0) is 0 Å². The molecule has 0 atom stereocenters. The molecule has 0 unspecified atom stereocenters. The van der Waals surface area contributed by atoms with Crippen LogP contribution in [0.25, 0.3) is 0 Å². The fourth-order valence-corrected chi connectivity index (χ4v) is 2.23. The Morgan fingerprint density at radius 1 is 0.650 bits per heavy atom. The Labute approximate surface area is 128 Å². The van der Waals surface area contributed by atoms with E-state index in [0.29, 0.717) is 0 Å². The predicted molar refractivity (Wildman–Crippen MR) is 53.8 cm³/mol. The summed E-state index contributed by atoms with van der Waals surface area (Å²) in [7, 11) is -20.9. The smallest absolute Gasteiger partial charge is 1.00 e. The van der Waals surface area contributed by atoms with E-state index in [9.17, 15) is 38.9 Å². The summed E-state index contributed by atoms with van der Waals surface area (Å²) in [4.78, 5) is -6.14. The number of halogens is 11. The molecule has 0 fully saturated rings. The second kappa shape index (κ2) is 3.97. The number of hydrogen-bond acceptors (Lipinski definition) is 0. The molecule has 20 heavy (non-hydrogen) atoms. The van der Waals surface area contributed by atoms with Crippen molar-refractivity contribution in [1.82, 2.24) is 0 Å². The standard InChI is InChI=1S/C6H3F10S2.ClH.Mg/c7-17(8,9,10,11)5-2-1-3-6(4-5)18(12,13,14,15)16;;/h2-4H;1H;/q-1;;+2/p-1. The van der Waals surface area contributed by atoms with Crippen molar-refractivity contribution in [2.24, 2.45) is 0 Å². The Morgan fingerprint density at radius 2 is 0.900 bits per heavy atom. The van der Waals surface area contributed by atoms with Gasteiger partial charge in [-0.3, -0.25) is 0 Å². The number of rotatable bonds is 2. The third-order valence-corrected chi connectivity index (χ3v) is 3.88. The molecule has 1 aromatic rings. The quantitative estimate of drug-likeness (QED) is 0.413. The second-order valence-corrected chi connectivity index (χ2v) is 8.16. The maximum atomic E-state index is 12.1. The van der Waals surface area contributed by atoms with E-state index in [2.05, 4.69) is 0 Å². The van der Waals surface area contributed by atoms with Gasteiger partial charge in [0.05, 0.1) is 0 Å². The van der Waals surface area contributed by atoms with Crippen molar-refractivity contribution in [2.75, 3.05) is 0 Å². The molecule has 118 valence electrons. The van der Waals surface area contributed by atoms with E-state index >= 15 is 0 Å². The van der Waals surface area contributed by atoms with Gasteiger partial charge in [0.1, 0.15) is 0 Å². The normalized spacial score (nSPS) is 19.3. The molecule has 0 amide bonds. The molecule has 1 rings (SSSR count). The van der Waals surface area contributed by atoms with Crippen molar-refractivity contribution in [3.8, 4) is 0 Å². The van der Waals surface area contributed by atoms with Gasteiger partial charge in [0.15, 0.2) is 0 Å². The van der Waals surface area contributed by atoms with Crippen LogP contribution in [0.1, 0.15) is 0 Å². The van der Waals surface area contributed by atoms with Gasteiger partial charge in [0.25, 0.3) is 20.4 Å². The van der Waals surface area contributed by atoms with E-state index in [0.717, 1.165) is 6.07 Å². The first-order chi connectivity index (χ1) is 7.19. The fraction of sp³-hybridized carbons (Fsp3) is 0. The Hall–Kier alpha value is 0.276. The van der Waals surface area contributed by atoms with Crippen LogP contribution in [0.3, 0.4) is 0 Å². The van der Waals surface area contributed by atoms with Gasteiger partial charge in [-0.25, -0.2) is 0 Å². The molecule has 0 spiro atoms. The molecule has 1 aromatic carbocycles. The Bertz CT molecular complexity index is 472. The summed E-state index contributed by atoms with van der Waals surface area (Å²) >= 11 is 0. The van der Waals surface area contributed by atoms with Crippen molar-refractivity contribution in [3.05, 3.63) is 24.3 Å². The van der Waals surface area contributed by atoms with Crippen LogP contribution in [0.4, 0.5) is 38.9 Å². The molecule has 0 aromatic heterocycles. The largest absolute Gasteiger partial charge is 2.00 e. The molecular formula is C6H3ClF10MgS2. The zero-order valence-corrected chi connectivity index (χ0v) is 12.7. The SMILES string of the molecule is FS(F)(F)(F)(F)c1c[c-]cc(S(F)(F)(F)(F)F)c1.[Cl-].[Mg+2]. The molecule has 0 aliphatic heterocycles. The van der Waals surface area contributed by atoms with Crippen LogP contribution in [0.2, 0.25) is 0 Å². The van der Waals surface area contributed by atoms with E-state index < -0.39 is 48.4 Å². The van der Waals surface area contributed by atoms with E-state index in [1.807, 2.05) is 0 Å². The van der Waals surface area contributed by atoms with Crippen molar-refractivity contribution < 1.29 is 51.3 Å². The fourth-order valence-electron chi connectivity index (χ4n) is 0.875. The maximum absolute atomic E-state index is 12.1. The third-order valence-electron chi connectivity index (χ3n) is 1.63. The molecular weight excluding hydrogens is 386 g/mol. The molecule has 0 radical (unpaired) electrons. The maximum Gasteiger partial charge on any atom is 2.00 e. The van der Waals surface area contributed by atoms with Gasteiger partial charge in [-0.2, -0.15) is 18.2 Å². The average Bonchev–Trinajstić information content (AvgIpc) is 1.96. The van der Waals surface area contributed by atoms with Crippen LogP contribution in [0.5, 0.6) is 0 Å². The molecule has 14 heteroatoms. The summed E-state index contributed by atoms with van der Waals surface area (Å²) in [5.74, 6) is 0. The molecule has 0 nitrogen and oxygen atoms in total. The molecule has 0 aliphatic rings. The molecule has 0 aliphatic carbocycles.